The first kappa shape index (κ1) is 29.9. The summed E-state index contributed by atoms with van der Waals surface area (Å²) >= 11 is 0. The van der Waals surface area contributed by atoms with Crippen molar-refractivity contribution in [1.29, 1.82) is 0 Å². The maximum atomic E-state index is 10.6. The fourth-order valence-corrected chi connectivity index (χ4v) is 3.72. The first-order valence-electron chi connectivity index (χ1n) is 10.8. The number of rotatable bonds is 4. The molecule has 2 N–H and O–H groups in total. The van der Waals surface area contributed by atoms with Gasteiger partial charge in [0.2, 0.25) is 5.88 Å². The van der Waals surface area contributed by atoms with Crippen LogP contribution in [0.5, 0.6) is 5.88 Å². The number of pyridine rings is 1. The van der Waals surface area contributed by atoms with Gasteiger partial charge in [0.1, 0.15) is 6.10 Å². The monoisotopic (exact) mass is 542 g/mol. The lowest BCUT2D eigenvalue weighted by Gasteiger charge is -2.39. The van der Waals surface area contributed by atoms with Crippen LogP contribution in [0.15, 0.2) is 47.4 Å². The molecule has 2 aliphatic heterocycles. The number of carboxylic acids is 2. The number of aliphatic carboxylic acids is 2. The standard InChI is InChI=1S/C18H22N2O3.2C2HF3O2/c1-2-7-19-17(4-1)23-16-10-18(22-13-16)6-3-8-20(14-18)11-15-5-9-21-12-15;2*3-2(4,5)1(6)7/h1-2,4-5,7,9,12,16H,3,6,8,10-11,13-14H2;2*(H,6,7)/t16-,18+;;/m1../s1. The normalized spacial score (nSPS) is 21.8. The van der Waals surface area contributed by atoms with Gasteiger partial charge >= 0.3 is 24.3 Å². The van der Waals surface area contributed by atoms with Crippen LogP contribution in [0, 0.1) is 0 Å². The lowest BCUT2D eigenvalue weighted by Crippen LogP contribution is -2.47. The van der Waals surface area contributed by atoms with Crippen molar-refractivity contribution in [2.75, 3.05) is 19.7 Å². The number of hydrogen-bond acceptors (Lipinski definition) is 7. The number of furan rings is 1. The van der Waals surface area contributed by atoms with Crippen molar-refractivity contribution in [3.63, 3.8) is 0 Å². The molecule has 206 valence electrons. The summed E-state index contributed by atoms with van der Waals surface area (Å²) in [6.07, 6.45) is -1.55. The maximum Gasteiger partial charge on any atom is 0.490 e. The number of carboxylic acid groups (broad SMARTS) is 2. The Morgan fingerprint density at radius 2 is 1.76 bits per heavy atom. The number of ether oxygens (including phenoxy) is 2. The van der Waals surface area contributed by atoms with Crippen LogP contribution in [0.4, 0.5) is 26.3 Å². The van der Waals surface area contributed by atoms with Crippen molar-refractivity contribution < 1.29 is 60.0 Å². The highest BCUT2D eigenvalue weighted by molar-refractivity contribution is 5.73. The maximum absolute atomic E-state index is 10.6. The lowest BCUT2D eigenvalue weighted by atomic mass is 9.89. The molecule has 0 radical (unpaired) electrons. The minimum Gasteiger partial charge on any atom is -0.475 e. The molecule has 4 rings (SSSR count). The molecule has 2 aromatic heterocycles. The molecule has 2 aromatic rings. The van der Waals surface area contributed by atoms with E-state index in [2.05, 4.69) is 9.88 Å². The number of nitrogens with zero attached hydrogens (tertiary/aromatic N) is 2. The van der Waals surface area contributed by atoms with Crippen molar-refractivity contribution in [3.8, 4) is 5.88 Å². The van der Waals surface area contributed by atoms with Gasteiger partial charge in [0.15, 0.2) is 0 Å². The van der Waals surface area contributed by atoms with Crippen molar-refractivity contribution in [1.82, 2.24) is 9.88 Å². The number of hydrogen-bond donors (Lipinski definition) is 2. The molecular weight excluding hydrogens is 518 g/mol. The van der Waals surface area contributed by atoms with E-state index in [1.807, 2.05) is 30.5 Å². The molecule has 2 saturated heterocycles. The van der Waals surface area contributed by atoms with Crippen molar-refractivity contribution in [3.05, 3.63) is 48.6 Å². The summed E-state index contributed by atoms with van der Waals surface area (Å²) in [5.41, 5.74) is 1.16. The van der Waals surface area contributed by atoms with Crippen LogP contribution in [0.3, 0.4) is 0 Å². The van der Waals surface area contributed by atoms with Gasteiger partial charge in [-0.25, -0.2) is 14.6 Å². The van der Waals surface area contributed by atoms with E-state index < -0.39 is 24.3 Å². The van der Waals surface area contributed by atoms with E-state index >= 15 is 0 Å². The average molecular weight is 542 g/mol. The van der Waals surface area contributed by atoms with Crippen LogP contribution < -0.4 is 4.74 Å². The van der Waals surface area contributed by atoms with Crippen molar-refractivity contribution in [2.45, 2.75) is 49.9 Å². The first-order chi connectivity index (χ1) is 17.2. The number of carbonyl (C=O) groups is 2. The molecule has 2 fully saturated rings. The molecule has 1 spiro atoms. The van der Waals surface area contributed by atoms with Crippen LogP contribution in [0.25, 0.3) is 0 Å². The van der Waals surface area contributed by atoms with Crippen LogP contribution in [-0.2, 0) is 20.9 Å². The third kappa shape index (κ3) is 10.3. The minimum absolute atomic E-state index is 0.0680. The predicted octanol–water partition coefficient (Wildman–Crippen LogP) is 4.14. The Bertz CT molecular complexity index is 962. The molecule has 37 heavy (non-hydrogen) atoms. The highest BCUT2D eigenvalue weighted by atomic mass is 19.4. The van der Waals surface area contributed by atoms with Gasteiger partial charge in [-0.3, -0.25) is 4.90 Å². The Balaban J connectivity index is 0.000000286. The van der Waals surface area contributed by atoms with Gasteiger partial charge in [-0.2, -0.15) is 26.3 Å². The van der Waals surface area contributed by atoms with E-state index in [1.165, 1.54) is 5.56 Å². The quantitative estimate of drug-likeness (QED) is 0.549. The second kappa shape index (κ2) is 12.8. The molecule has 0 aromatic carbocycles. The number of likely N-dealkylation sites (tertiary alicyclic amines) is 1. The largest absolute Gasteiger partial charge is 0.490 e. The zero-order chi connectivity index (χ0) is 27.7. The zero-order valence-electron chi connectivity index (χ0n) is 19.2. The molecule has 2 aliphatic rings. The highest BCUT2D eigenvalue weighted by Gasteiger charge is 2.44. The molecule has 0 saturated carbocycles. The Labute approximate surface area is 206 Å². The number of aromatic nitrogens is 1. The Hall–Kier alpha value is -3.33. The Morgan fingerprint density at radius 1 is 1.11 bits per heavy atom. The second-order valence-electron chi connectivity index (χ2n) is 8.16. The van der Waals surface area contributed by atoms with E-state index in [0.29, 0.717) is 12.5 Å². The molecular formula is C22H24F6N2O7. The smallest absolute Gasteiger partial charge is 0.475 e. The summed E-state index contributed by atoms with van der Waals surface area (Å²) in [5, 5.41) is 14.2. The molecule has 0 amide bonds. The lowest BCUT2D eigenvalue weighted by molar-refractivity contribution is -0.193. The summed E-state index contributed by atoms with van der Waals surface area (Å²) < 4.78 is 80.8. The van der Waals surface area contributed by atoms with E-state index in [4.69, 9.17) is 33.7 Å². The molecule has 2 atom stereocenters. The Kier molecular flexibility index (Phi) is 10.3. The predicted molar refractivity (Wildman–Crippen MR) is 113 cm³/mol. The SMILES string of the molecule is O=C(O)C(F)(F)F.O=C(O)C(F)(F)F.c1ccc(O[C@H]2CO[C@@]3(CCCN(Cc4ccoc4)C3)C2)nc1. The van der Waals surface area contributed by atoms with Crippen LogP contribution >= 0.6 is 0 Å². The summed E-state index contributed by atoms with van der Waals surface area (Å²) in [6, 6.07) is 7.77. The molecule has 9 nitrogen and oxygen atoms in total. The minimum atomic E-state index is -5.08. The Morgan fingerprint density at radius 3 is 2.27 bits per heavy atom. The highest BCUT2D eigenvalue weighted by Crippen LogP contribution is 2.36. The van der Waals surface area contributed by atoms with E-state index in [-0.39, 0.29) is 11.7 Å². The van der Waals surface area contributed by atoms with E-state index in [9.17, 15) is 26.3 Å². The van der Waals surface area contributed by atoms with Gasteiger partial charge in [-0.15, -0.1) is 0 Å². The summed E-state index contributed by atoms with van der Waals surface area (Å²) in [7, 11) is 0. The third-order valence-corrected chi connectivity index (χ3v) is 5.19. The number of piperidine rings is 1. The first-order valence-corrected chi connectivity index (χ1v) is 10.8. The van der Waals surface area contributed by atoms with Crippen LogP contribution in [0.2, 0.25) is 0 Å². The molecule has 0 bridgehead atoms. The number of alkyl halides is 6. The molecule has 0 unspecified atom stereocenters. The summed E-state index contributed by atoms with van der Waals surface area (Å²) in [6.45, 7) is 3.64. The zero-order valence-corrected chi connectivity index (χ0v) is 19.2. The topological polar surface area (TPSA) is 122 Å². The van der Waals surface area contributed by atoms with Crippen LogP contribution in [0.1, 0.15) is 24.8 Å². The van der Waals surface area contributed by atoms with Gasteiger partial charge in [0.25, 0.3) is 0 Å². The van der Waals surface area contributed by atoms with Gasteiger partial charge in [-0.1, -0.05) is 6.07 Å². The molecule has 15 heteroatoms. The van der Waals surface area contributed by atoms with Gasteiger partial charge in [0, 0.05) is 37.3 Å². The van der Waals surface area contributed by atoms with Crippen molar-refractivity contribution in [2.24, 2.45) is 0 Å². The second-order valence-corrected chi connectivity index (χ2v) is 8.16. The van der Waals surface area contributed by atoms with Gasteiger partial charge in [0.05, 0.1) is 24.7 Å². The average Bonchev–Trinajstić information content (AvgIpc) is 3.44. The van der Waals surface area contributed by atoms with Gasteiger partial charge in [-0.05, 0) is 31.5 Å². The summed E-state index contributed by atoms with van der Waals surface area (Å²) in [5.74, 6) is -4.83. The molecule has 0 aliphatic carbocycles. The summed E-state index contributed by atoms with van der Waals surface area (Å²) in [4.78, 5) is 24.5. The molecule has 4 heterocycles. The fraction of sp³-hybridized carbons (Fsp3) is 0.500. The van der Waals surface area contributed by atoms with Crippen LogP contribution in [-0.4, -0.2) is 75.8 Å². The van der Waals surface area contributed by atoms with E-state index in [0.717, 1.165) is 38.9 Å². The van der Waals surface area contributed by atoms with Gasteiger partial charge < -0.3 is 24.1 Å². The van der Waals surface area contributed by atoms with Crippen molar-refractivity contribution >= 4 is 11.9 Å². The van der Waals surface area contributed by atoms with E-state index in [1.54, 1.807) is 12.5 Å². The third-order valence-electron chi connectivity index (χ3n) is 5.19. The fourth-order valence-electron chi connectivity index (χ4n) is 3.72. The number of halogens is 6.